The minimum absolute atomic E-state index is 0.0246. The number of carboxylic acids is 1. The average Bonchev–Trinajstić information content (AvgIpc) is 3.02. The first-order valence-corrected chi connectivity index (χ1v) is 9.18. The number of amides is 1. The van der Waals surface area contributed by atoms with Crippen LogP contribution in [0.1, 0.15) is 66.4 Å². The van der Waals surface area contributed by atoms with E-state index in [9.17, 15) is 19.5 Å². The van der Waals surface area contributed by atoms with Crippen molar-refractivity contribution < 1.29 is 23.9 Å². The van der Waals surface area contributed by atoms with Crippen LogP contribution in [0.15, 0.2) is 40.8 Å². The third-order valence-corrected chi connectivity index (χ3v) is 5.13. The van der Waals surface area contributed by atoms with Gasteiger partial charge in [-0.1, -0.05) is 49.9 Å². The van der Waals surface area contributed by atoms with Gasteiger partial charge in [0.25, 0.3) is 5.91 Å². The molecule has 0 unspecified atom stereocenters. The van der Waals surface area contributed by atoms with Crippen LogP contribution >= 0.6 is 0 Å². The third-order valence-electron chi connectivity index (χ3n) is 5.13. The largest absolute Gasteiger partial charge is 0.480 e. The molecular formula is C21H23NO5. The second-order valence-corrected chi connectivity index (χ2v) is 7.05. The van der Waals surface area contributed by atoms with E-state index in [0.29, 0.717) is 24.2 Å². The zero-order valence-electron chi connectivity index (χ0n) is 15.3. The maximum Gasteiger partial charge on any atom is 0.329 e. The van der Waals surface area contributed by atoms with Gasteiger partial charge in [0.05, 0.1) is 0 Å². The Morgan fingerprint density at radius 1 is 0.963 bits per heavy atom. The molecule has 3 rings (SSSR count). The molecule has 142 valence electrons. The van der Waals surface area contributed by atoms with Crippen molar-refractivity contribution >= 4 is 17.7 Å². The van der Waals surface area contributed by atoms with Crippen LogP contribution < -0.4 is 5.32 Å². The lowest BCUT2D eigenvalue weighted by molar-refractivity contribution is -0.145. The van der Waals surface area contributed by atoms with Crippen LogP contribution in [0.5, 0.6) is 0 Å². The molecule has 2 N–H and O–H groups in total. The first-order valence-electron chi connectivity index (χ1n) is 9.18. The first-order chi connectivity index (χ1) is 12.9. The highest BCUT2D eigenvalue weighted by Crippen LogP contribution is 2.29. The summed E-state index contributed by atoms with van der Waals surface area (Å²) >= 11 is 0. The molecule has 1 aliphatic carbocycles. The second-order valence-electron chi connectivity index (χ2n) is 7.05. The summed E-state index contributed by atoms with van der Waals surface area (Å²) in [5, 5.41) is 12.4. The van der Waals surface area contributed by atoms with Gasteiger partial charge in [0.15, 0.2) is 11.5 Å². The summed E-state index contributed by atoms with van der Waals surface area (Å²) in [6.45, 7) is 1.50. The van der Waals surface area contributed by atoms with Crippen LogP contribution in [-0.4, -0.2) is 28.3 Å². The Hall–Kier alpha value is -2.89. The molecule has 1 aromatic carbocycles. The molecule has 0 radical (unpaired) electrons. The van der Waals surface area contributed by atoms with Crippen molar-refractivity contribution in [3.8, 4) is 11.3 Å². The van der Waals surface area contributed by atoms with Crippen molar-refractivity contribution in [2.45, 2.75) is 51.0 Å². The number of Topliss-reactive ketones (excluding diaryl/α,β-unsaturated/α-hetero) is 1. The van der Waals surface area contributed by atoms with Gasteiger partial charge in [0, 0.05) is 11.1 Å². The summed E-state index contributed by atoms with van der Waals surface area (Å²) in [6, 6.07) is 10.1. The summed E-state index contributed by atoms with van der Waals surface area (Å²) < 4.78 is 5.64. The summed E-state index contributed by atoms with van der Waals surface area (Å²) in [5.41, 5.74) is 0.102. The molecule has 0 atom stereocenters. The van der Waals surface area contributed by atoms with Crippen LogP contribution in [0.4, 0.5) is 0 Å². The van der Waals surface area contributed by atoms with Crippen molar-refractivity contribution in [1.82, 2.24) is 5.32 Å². The van der Waals surface area contributed by atoms with Crippen LogP contribution in [-0.2, 0) is 4.79 Å². The number of nitrogens with one attached hydrogen (secondary N) is 1. The van der Waals surface area contributed by atoms with Crippen molar-refractivity contribution in [1.29, 1.82) is 0 Å². The van der Waals surface area contributed by atoms with Crippen molar-refractivity contribution in [3.05, 3.63) is 47.7 Å². The van der Waals surface area contributed by atoms with Crippen molar-refractivity contribution in [2.75, 3.05) is 0 Å². The standard InChI is InChI=1S/C21H23NO5/c1-14(23)15-6-8-16(9-7-15)17-10-11-18(27-17)19(24)22-21(20(25)26)12-4-2-3-5-13-21/h6-11H,2-5,12-13H2,1H3,(H,22,24)(H,25,26). The van der Waals surface area contributed by atoms with Crippen molar-refractivity contribution in [2.24, 2.45) is 0 Å². The number of hydrogen-bond acceptors (Lipinski definition) is 4. The van der Waals surface area contributed by atoms with E-state index in [1.165, 1.54) is 13.0 Å². The number of ketones is 1. The van der Waals surface area contributed by atoms with E-state index < -0.39 is 17.4 Å². The van der Waals surface area contributed by atoms with E-state index in [1.54, 1.807) is 30.3 Å². The van der Waals surface area contributed by atoms with E-state index in [-0.39, 0.29) is 11.5 Å². The van der Waals surface area contributed by atoms with Gasteiger partial charge in [-0.05, 0) is 31.9 Å². The Balaban J connectivity index is 1.77. The van der Waals surface area contributed by atoms with Gasteiger partial charge in [-0.25, -0.2) is 4.79 Å². The van der Waals surface area contributed by atoms with Gasteiger partial charge in [-0.3, -0.25) is 9.59 Å². The molecule has 2 aromatic rings. The minimum Gasteiger partial charge on any atom is -0.480 e. The number of rotatable bonds is 5. The van der Waals surface area contributed by atoms with Crippen LogP contribution in [0.2, 0.25) is 0 Å². The molecule has 1 fully saturated rings. The van der Waals surface area contributed by atoms with Gasteiger partial charge in [0.1, 0.15) is 11.3 Å². The molecule has 27 heavy (non-hydrogen) atoms. The highest BCUT2D eigenvalue weighted by molar-refractivity contribution is 5.96. The SMILES string of the molecule is CC(=O)c1ccc(-c2ccc(C(=O)NC3(C(=O)O)CCCCCC3)o2)cc1. The smallest absolute Gasteiger partial charge is 0.329 e. The summed E-state index contributed by atoms with van der Waals surface area (Å²) in [7, 11) is 0. The predicted molar refractivity (Wildman–Crippen MR) is 99.7 cm³/mol. The van der Waals surface area contributed by atoms with Gasteiger partial charge >= 0.3 is 5.97 Å². The highest BCUT2D eigenvalue weighted by atomic mass is 16.4. The Morgan fingerprint density at radius 3 is 2.15 bits per heavy atom. The Labute approximate surface area is 157 Å². The van der Waals surface area contributed by atoms with Crippen LogP contribution in [0, 0.1) is 0 Å². The Kier molecular flexibility index (Phi) is 5.44. The zero-order chi connectivity index (χ0) is 19.4. The van der Waals surface area contributed by atoms with E-state index in [2.05, 4.69) is 5.32 Å². The number of furan rings is 1. The molecule has 0 saturated heterocycles. The number of hydrogen-bond donors (Lipinski definition) is 2. The molecular weight excluding hydrogens is 346 g/mol. The minimum atomic E-state index is -1.23. The van der Waals surface area contributed by atoms with E-state index in [4.69, 9.17) is 4.42 Å². The lowest BCUT2D eigenvalue weighted by Gasteiger charge is -2.28. The average molecular weight is 369 g/mol. The first kappa shape index (κ1) is 18.9. The number of carbonyl (C=O) groups excluding carboxylic acids is 2. The number of aliphatic carboxylic acids is 1. The predicted octanol–water partition coefficient (Wildman–Crippen LogP) is 4.06. The second kappa shape index (κ2) is 7.78. The molecule has 1 aromatic heterocycles. The number of carbonyl (C=O) groups is 3. The molecule has 6 heteroatoms. The molecule has 1 saturated carbocycles. The fourth-order valence-electron chi connectivity index (χ4n) is 3.49. The monoisotopic (exact) mass is 369 g/mol. The van der Waals surface area contributed by atoms with Gasteiger partial charge in [-0.2, -0.15) is 0 Å². The van der Waals surface area contributed by atoms with Crippen LogP contribution in [0.3, 0.4) is 0 Å². The maximum atomic E-state index is 12.6. The Morgan fingerprint density at radius 2 is 1.59 bits per heavy atom. The molecule has 1 aliphatic rings. The van der Waals surface area contributed by atoms with Gasteiger partial charge in [-0.15, -0.1) is 0 Å². The van der Waals surface area contributed by atoms with E-state index >= 15 is 0 Å². The van der Waals surface area contributed by atoms with Gasteiger partial charge < -0.3 is 14.8 Å². The number of benzene rings is 1. The fourth-order valence-corrected chi connectivity index (χ4v) is 3.49. The quantitative estimate of drug-likeness (QED) is 0.612. The lowest BCUT2D eigenvalue weighted by Crippen LogP contribution is -2.54. The summed E-state index contributed by atoms with van der Waals surface area (Å²) in [6.07, 6.45) is 4.36. The number of carboxylic acid groups (broad SMARTS) is 1. The van der Waals surface area contributed by atoms with Crippen molar-refractivity contribution in [3.63, 3.8) is 0 Å². The molecule has 1 amide bonds. The third kappa shape index (κ3) is 4.10. The molecule has 0 bridgehead atoms. The zero-order valence-corrected chi connectivity index (χ0v) is 15.3. The molecule has 0 spiro atoms. The normalized spacial score (nSPS) is 16.3. The highest BCUT2D eigenvalue weighted by Gasteiger charge is 2.40. The Bertz CT molecular complexity index is 842. The summed E-state index contributed by atoms with van der Waals surface area (Å²) in [5.74, 6) is -0.982. The van der Waals surface area contributed by atoms with E-state index in [1.807, 2.05) is 0 Å². The molecule has 0 aliphatic heterocycles. The summed E-state index contributed by atoms with van der Waals surface area (Å²) in [4.78, 5) is 35.8. The maximum absolute atomic E-state index is 12.6. The molecule has 6 nitrogen and oxygen atoms in total. The van der Waals surface area contributed by atoms with Gasteiger partial charge in [0.2, 0.25) is 0 Å². The van der Waals surface area contributed by atoms with Crippen LogP contribution in [0.25, 0.3) is 11.3 Å². The van der Waals surface area contributed by atoms with E-state index in [0.717, 1.165) is 31.2 Å². The molecule has 1 heterocycles. The lowest BCUT2D eigenvalue weighted by atomic mass is 9.90. The topological polar surface area (TPSA) is 96.6 Å². The fraction of sp³-hybridized carbons (Fsp3) is 0.381.